The van der Waals surface area contributed by atoms with Gasteiger partial charge in [0.25, 0.3) is 5.91 Å². The molecule has 0 spiro atoms. The van der Waals surface area contributed by atoms with E-state index >= 15 is 0 Å². The number of pyridine rings is 1. The molecule has 1 aliphatic heterocycles. The molecule has 1 saturated heterocycles. The Bertz CT molecular complexity index is 383. The van der Waals surface area contributed by atoms with Crippen LogP contribution in [0.3, 0.4) is 0 Å². The summed E-state index contributed by atoms with van der Waals surface area (Å²) < 4.78 is 0. The van der Waals surface area contributed by atoms with Crippen LogP contribution in [0.4, 0.5) is 5.82 Å². The number of nitrogens with one attached hydrogen (secondary N) is 1. The molecule has 6 nitrogen and oxygen atoms in total. The Kier molecular flexibility index (Phi) is 3.55. The maximum atomic E-state index is 11.2. The third-order valence-corrected chi connectivity index (χ3v) is 2.97. The van der Waals surface area contributed by atoms with Crippen LogP contribution < -0.4 is 16.2 Å². The summed E-state index contributed by atoms with van der Waals surface area (Å²) in [4.78, 5) is 20.0. The van der Waals surface area contributed by atoms with E-state index in [1.807, 2.05) is 6.07 Å². The van der Waals surface area contributed by atoms with Gasteiger partial charge in [-0.2, -0.15) is 0 Å². The van der Waals surface area contributed by atoms with Gasteiger partial charge in [-0.3, -0.25) is 10.2 Å². The Hall–Kier alpha value is -1.66. The monoisotopic (exact) mass is 235 g/mol. The minimum absolute atomic E-state index is 0.317. The fourth-order valence-corrected chi connectivity index (χ4v) is 1.83. The summed E-state index contributed by atoms with van der Waals surface area (Å²) in [6.07, 6.45) is 1.55. The molecule has 2 rings (SSSR count). The molecule has 0 aromatic carbocycles. The fraction of sp³-hybridized carbons (Fsp3) is 0.455. The number of nitrogens with two attached hydrogens (primary N) is 1. The van der Waals surface area contributed by atoms with Crippen LogP contribution >= 0.6 is 0 Å². The number of nitrogens with zero attached hydrogens (tertiary/aromatic N) is 3. The van der Waals surface area contributed by atoms with Crippen molar-refractivity contribution in [2.75, 3.05) is 38.1 Å². The molecule has 2 heterocycles. The highest BCUT2D eigenvalue weighted by atomic mass is 16.2. The normalized spacial score (nSPS) is 16.9. The van der Waals surface area contributed by atoms with Crippen molar-refractivity contribution in [2.24, 2.45) is 5.84 Å². The quantitative estimate of drug-likeness (QED) is 0.408. The number of nitrogen functional groups attached to an aromatic ring is 1. The second-order valence-corrected chi connectivity index (χ2v) is 4.17. The van der Waals surface area contributed by atoms with Crippen LogP contribution in [0.2, 0.25) is 0 Å². The van der Waals surface area contributed by atoms with Crippen molar-refractivity contribution in [3.63, 3.8) is 0 Å². The molecule has 0 bridgehead atoms. The molecule has 3 N–H and O–H groups in total. The third kappa shape index (κ3) is 2.72. The molecule has 92 valence electrons. The lowest BCUT2D eigenvalue weighted by Crippen LogP contribution is -2.44. The molecule has 0 unspecified atom stereocenters. The highest BCUT2D eigenvalue weighted by Gasteiger charge is 2.15. The van der Waals surface area contributed by atoms with Crippen molar-refractivity contribution in [1.82, 2.24) is 15.3 Å². The maximum absolute atomic E-state index is 11.2. The fourth-order valence-electron chi connectivity index (χ4n) is 1.83. The van der Waals surface area contributed by atoms with E-state index in [9.17, 15) is 4.79 Å². The highest BCUT2D eigenvalue weighted by Crippen LogP contribution is 2.13. The molecule has 0 aliphatic carbocycles. The van der Waals surface area contributed by atoms with E-state index in [-0.39, 0.29) is 5.91 Å². The summed E-state index contributed by atoms with van der Waals surface area (Å²) in [6.45, 7) is 4.00. The summed E-state index contributed by atoms with van der Waals surface area (Å²) in [5.74, 6) is 5.65. The Morgan fingerprint density at radius 1 is 1.35 bits per heavy atom. The molecule has 1 fully saturated rings. The first-order chi connectivity index (χ1) is 8.20. The topological polar surface area (TPSA) is 74.5 Å². The number of aromatic nitrogens is 1. The maximum Gasteiger partial charge on any atom is 0.266 e. The molecular weight excluding hydrogens is 218 g/mol. The van der Waals surface area contributed by atoms with Gasteiger partial charge in [-0.1, -0.05) is 0 Å². The number of hydrogen-bond acceptors (Lipinski definition) is 5. The smallest absolute Gasteiger partial charge is 0.266 e. The van der Waals surface area contributed by atoms with E-state index in [0.29, 0.717) is 5.56 Å². The first-order valence-corrected chi connectivity index (χ1v) is 5.61. The average molecular weight is 235 g/mol. The minimum atomic E-state index is -0.317. The number of rotatable bonds is 2. The molecule has 1 amide bonds. The van der Waals surface area contributed by atoms with Crippen molar-refractivity contribution >= 4 is 11.7 Å². The van der Waals surface area contributed by atoms with Crippen LogP contribution in [0.1, 0.15) is 10.4 Å². The predicted octanol–water partition coefficient (Wildman–Crippen LogP) is -0.563. The highest BCUT2D eigenvalue weighted by molar-refractivity contribution is 5.93. The molecule has 0 radical (unpaired) electrons. The van der Waals surface area contributed by atoms with Gasteiger partial charge >= 0.3 is 0 Å². The van der Waals surface area contributed by atoms with Gasteiger partial charge in [-0.05, 0) is 19.2 Å². The second-order valence-electron chi connectivity index (χ2n) is 4.17. The summed E-state index contributed by atoms with van der Waals surface area (Å²) in [6, 6.07) is 3.60. The zero-order valence-electron chi connectivity index (χ0n) is 9.89. The van der Waals surface area contributed by atoms with Crippen LogP contribution in [0.25, 0.3) is 0 Å². The molecule has 6 heteroatoms. The van der Waals surface area contributed by atoms with Crippen molar-refractivity contribution in [2.45, 2.75) is 0 Å². The van der Waals surface area contributed by atoms with Gasteiger partial charge in [0, 0.05) is 32.4 Å². The van der Waals surface area contributed by atoms with Crippen LogP contribution in [0, 0.1) is 0 Å². The van der Waals surface area contributed by atoms with Gasteiger partial charge in [0.05, 0.1) is 5.56 Å². The van der Waals surface area contributed by atoms with E-state index in [0.717, 1.165) is 32.0 Å². The number of anilines is 1. The van der Waals surface area contributed by atoms with Crippen LogP contribution in [-0.2, 0) is 0 Å². The first kappa shape index (κ1) is 11.8. The number of carbonyl (C=O) groups is 1. The number of carbonyl (C=O) groups excluding carboxylic acids is 1. The molecule has 1 aromatic heterocycles. The van der Waals surface area contributed by atoms with Crippen molar-refractivity contribution < 1.29 is 4.79 Å². The largest absolute Gasteiger partial charge is 0.354 e. The van der Waals surface area contributed by atoms with E-state index < -0.39 is 0 Å². The van der Waals surface area contributed by atoms with E-state index in [4.69, 9.17) is 5.84 Å². The third-order valence-electron chi connectivity index (χ3n) is 2.97. The van der Waals surface area contributed by atoms with Gasteiger partial charge in [0.15, 0.2) is 0 Å². The molecule has 1 aliphatic rings. The lowest BCUT2D eigenvalue weighted by Gasteiger charge is -2.33. The standard InChI is InChI=1S/C11H17N5O/c1-15-4-6-16(7-5-15)10-3-2-9(8-13-10)11(17)14-12/h2-3,8H,4-7,12H2,1H3,(H,14,17). The molecule has 0 atom stereocenters. The summed E-state index contributed by atoms with van der Waals surface area (Å²) >= 11 is 0. The Morgan fingerprint density at radius 3 is 2.59 bits per heavy atom. The van der Waals surface area contributed by atoms with E-state index in [1.165, 1.54) is 0 Å². The number of amides is 1. The van der Waals surface area contributed by atoms with Gasteiger partial charge in [0.1, 0.15) is 5.82 Å². The molecule has 17 heavy (non-hydrogen) atoms. The van der Waals surface area contributed by atoms with Crippen LogP contribution in [-0.4, -0.2) is 49.0 Å². The average Bonchev–Trinajstić information content (AvgIpc) is 2.39. The lowest BCUT2D eigenvalue weighted by atomic mass is 10.2. The Labute approximate surface area is 100 Å². The van der Waals surface area contributed by atoms with Gasteiger partial charge in [-0.25, -0.2) is 10.8 Å². The lowest BCUT2D eigenvalue weighted by molar-refractivity contribution is 0.0953. The number of hydrogen-bond donors (Lipinski definition) is 2. The summed E-state index contributed by atoms with van der Waals surface area (Å²) in [5.41, 5.74) is 2.56. The van der Waals surface area contributed by atoms with Crippen LogP contribution in [0.5, 0.6) is 0 Å². The number of piperazine rings is 1. The first-order valence-electron chi connectivity index (χ1n) is 5.61. The summed E-state index contributed by atoms with van der Waals surface area (Å²) in [5, 5.41) is 0. The Morgan fingerprint density at radius 2 is 2.06 bits per heavy atom. The number of likely N-dealkylation sites (N-methyl/N-ethyl adjacent to an activating group) is 1. The van der Waals surface area contributed by atoms with Gasteiger partial charge in [-0.15, -0.1) is 0 Å². The van der Waals surface area contributed by atoms with Crippen molar-refractivity contribution in [1.29, 1.82) is 0 Å². The molecule has 0 saturated carbocycles. The van der Waals surface area contributed by atoms with Gasteiger partial charge < -0.3 is 9.80 Å². The van der Waals surface area contributed by atoms with E-state index in [1.54, 1.807) is 12.3 Å². The van der Waals surface area contributed by atoms with Crippen molar-refractivity contribution in [3.8, 4) is 0 Å². The van der Waals surface area contributed by atoms with Crippen LogP contribution in [0.15, 0.2) is 18.3 Å². The van der Waals surface area contributed by atoms with Crippen molar-refractivity contribution in [3.05, 3.63) is 23.9 Å². The molecule has 1 aromatic rings. The zero-order valence-corrected chi connectivity index (χ0v) is 9.89. The predicted molar refractivity (Wildman–Crippen MR) is 65.6 cm³/mol. The van der Waals surface area contributed by atoms with Gasteiger partial charge in [0.2, 0.25) is 0 Å². The SMILES string of the molecule is CN1CCN(c2ccc(C(=O)NN)cn2)CC1. The zero-order chi connectivity index (χ0) is 12.3. The minimum Gasteiger partial charge on any atom is -0.354 e. The second kappa shape index (κ2) is 5.11. The molecular formula is C11H17N5O. The Balaban J connectivity index is 2.05. The van der Waals surface area contributed by atoms with E-state index in [2.05, 4.69) is 27.3 Å². The summed E-state index contributed by atoms with van der Waals surface area (Å²) in [7, 11) is 2.11. The number of hydrazine groups is 1.